The van der Waals surface area contributed by atoms with Gasteiger partial charge in [-0.1, -0.05) is 35.9 Å². The molecule has 2 atom stereocenters. The third-order valence-corrected chi connectivity index (χ3v) is 11.6. The lowest BCUT2D eigenvalue weighted by Gasteiger charge is -2.17. The maximum absolute atomic E-state index is 13.6. The number of anilines is 2. The molecule has 0 aliphatic heterocycles. The van der Waals surface area contributed by atoms with Gasteiger partial charge in [-0.25, -0.2) is 19.9 Å². The van der Waals surface area contributed by atoms with E-state index in [1.807, 2.05) is 84.8 Å². The first kappa shape index (κ1) is 43.1. The van der Waals surface area contributed by atoms with Crippen LogP contribution in [0.25, 0.3) is 23.0 Å². The average Bonchev–Trinajstić information content (AvgIpc) is 4.06. The van der Waals surface area contributed by atoms with Gasteiger partial charge < -0.3 is 35.1 Å². The van der Waals surface area contributed by atoms with E-state index in [1.165, 1.54) is 12.7 Å². The summed E-state index contributed by atoms with van der Waals surface area (Å²) in [6.45, 7) is 2.79. The maximum Gasteiger partial charge on any atom is 0.251 e. The van der Waals surface area contributed by atoms with Gasteiger partial charge in [-0.2, -0.15) is 0 Å². The largest absolute Gasteiger partial charge is 0.487 e. The molecule has 5 aromatic heterocycles. The van der Waals surface area contributed by atoms with Crippen LogP contribution in [0.5, 0.6) is 5.75 Å². The van der Waals surface area contributed by atoms with E-state index in [0.717, 1.165) is 41.1 Å². The molecule has 19 heteroatoms. The molecule has 1 aliphatic carbocycles. The lowest BCUT2D eigenvalue weighted by atomic mass is 10.1. The van der Waals surface area contributed by atoms with Crippen LogP contribution in [0, 0.1) is 0 Å². The van der Waals surface area contributed by atoms with Crippen LogP contribution in [0.3, 0.4) is 0 Å². The molecule has 66 heavy (non-hydrogen) atoms. The number of benzene rings is 3. The fourth-order valence-electron chi connectivity index (χ4n) is 7.76. The van der Waals surface area contributed by atoms with Gasteiger partial charge in [0.1, 0.15) is 36.4 Å². The molecule has 5 heterocycles. The molecular weight excluding hydrogens is 858 g/mol. The summed E-state index contributed by atoms with van der Waals surface area (Å²) in [5.41, 5.74) is 7.07. The van der Waals surface area contributed by atoms with Crippen molar-refractivity contribution in [1.82, 2.24) is 65.1 Å². The fourth-order valence-corrected chi connectivity index (χ4v) is 8.03. The van der Waals surface area contributed by atoms with Crippen molar-refractivity contribution in [2.24, 2.45) is 14.1 Å². The molecule has 332 valence electrons. The van der Waals surface area contributed by atoms with E-state index in [-0.39, 0.29) is 24.5 Å². The van der Waals surface area contributed by atoms with Gasteiger partial charge in [0.25, 0.3) is 11.8 Å². The average molecular weight is 902 g/mol. The quantitative estimate of drug-likeness (QED) is 0.0802. The van der Waals surface area contributed by atoms with E-state index in [4.69, 9.17) is 21.3 Å². The highest BCUT2D eigenvalue weighted by molar-refractivity contribution is 6.31. The topological polar surface area (TPSA) is 217 Å². The van der Waals surface area contributed by atoms with Crippen LogP contribution in [0.4, 0.5) is 11.4 Å². The van der Waals surface area contributed by atoms with Gasteiger partial charge >= 0.3 is 0 Å². The first-order valence-electron chi connectivity index (χ1n) is 21.2. The minimum atomic E-state index is -0.510. The Labute approximate surface area is 384 Å². The number of nitrogens with one attached hydrogen (secondary N) is 4. The Morgan fingerprint density at radius 1 is 0.758 bits per heavy atom. The first-order chi connectivity index (χ1) is 32.2. The molecule has 8 aromatic rings. The lowest BCUT2D eigenvalue weighted by Crippen LogP contribution is -2.27. The molecule has 0 fully saturated rings. The van der Waals surface area contributed by atoms with E-state index in [0.29, 0.717) is 75.3 Å². The molecule has 0 spiro atoms. The van der Waals surface area contributed by atoms with Crippen molar-refractivity contribution < 1.29 is 14.3 Å². The number of amides is 2. The second kappa shape index (κ2) is 19.3. The van der Waals surface area contributed by atoms with Gasteiger partial charge in [-0.05, 0) is 97.6 Å². The van der Waals surface area contributed by atoms with Gasteiger partial charge in [0.05, 0.1) is 41.6 Å². The van der Waals surface area contributed by atoms with Crippen LogP contribution in [-0.4, -0.2) is 66.3 Å². The van der Waals surface area contributed by atoms with E-state index in [9.17, 15) is 9.59 Å². The Kier molecular flexibility index (Phi) is 12.6. The van der Waals surface area contributed by atoms with Crippen LogP contribution in [0.1, 0.15) is 80.3 Å². The highest BCUT2D eigenvalue weighted by Gasteiger charge is 2.27. The molecule has 0 radical (unpaired) electrons. The molecule has 3 aromatic carbocycles. The van der Waals surface area contributed by atoms with Crippen molar-refractivity contribution in [1.29, 1.82) is 0 Å². The second-order valence-electron chi connectivity index (χ2n) is 15.6. The van der Waals surface area contributed by atoms with Gasteiger partial charge in [-0.15, -0.1) is 20.4 Å². The van der Waals surface area contributed by atoms with E-state index < -0.39 is 6.04 Å². The van der Waals surface area contributed by atoms with Crippen molar-refractivity contribution in [3.05, 3.63) is 166 Å². The number of aromatic nitrogens is 11. The highest BCUT2D eigenvalue weighted by atomic mass is 35.5. The second-order valence-corrected chi connectivity index (χ2v) is 16.0. The standard InChI is InChI=1S/C47H44ClN15O3/c1-28(55-46(64)29-7-4-9-31(21-29)51-23-41-58-60-44(62(41)2)38-17-19-49-26-53-38)43-36(48)15-13-33(56-43)25-66-40-12-6-11-34-35(40)14-16-37(34)57-47(65)30-8-5-10-32(22-30)52-24-42-59-61-45(63(42)3)39-18-20-50-27-54-39/h4-13,15,17-22,26-28,37,51-52H,14,16,23-25H2,1-3H3,(H,55,64)(H,57,65)/t28-,37-/m1/s1. The third-order valence-electron chi connectivity index (χ3n) is 11.3. The zero-order valence-corrected chi connectivity index (χ0v) is 36.9. The van der Waals surface area contributed by atoms with Crippen molar-refractivity contribution in [3.8, 4) is 28.8 Å². The van der Waals surface area contributed by atoms with Gasteiger partial charge in [-0.3, -0.25) is 14.6 Å². The minimum Gasteiger partial charge on any atom is -0.487 e. The maximum atomic E-state index is 13.6. The van der Waals surface area contributed by atoms with E-state index in [1.54, 1.807) is 48.8 Å². The van der Waals surface area contributed by atoms with Crippen molar-refractivity contribution in [2.45, 2.75) is 51.5 Å². The molecule has 0 saturated heterocycles. The molecule has 4 N–H and O–H groups in total. The molecule has 0 saturated carbocycles. The molecule has 18 nitrogen and oxygen atoms in total. The van der Waals surface area contributed by atoms with Crippen LogP contribution in [-0.2, 0) is 40.2 Å². The van der Waals surface area contributed by atoms with Gasteiger partial charge in [0, 0.05) is 49.0 Å². The summed E-state index contributed by atoms with van der Waals surface area (Å²) in [5.74, 6) is 2.93. The smallest absolute Gasteiger partial charge is 0.251 e. The van der Waals surface area contributed by atoms with Crippen molar-refractivity contribution in [2.75, 3.05) is 10.6 Å². The predicted octanol–water partition coefficient (Wildman–Crippen LogP) is 6.62. The Hall–Kier alpha value is -8.12. The third kappa shape index (κ3) is 9.53. The minimum absolute atomic E-state index is 0.175. The van der Waals surface area contributed by atoms with E-state index in [2.05, 4.69) is 61.6 Å². The summed E-state index contributed by atoms with van der Waals surface area (Å²) in [5, 5.41) is 30.5. The summed E-state index contributed by atoms with van der Waals surface area (Å²) in [6, 6.07) is 26.9. The Balaban J connectivity index is 0.786. The summed E-state index contributed by atoms with van der Waals surface area (Å²) in [7, 11) is 3.75. The number of hydrogen-bond donors (Lipinski definition) is 4. The van der Waals surface area contributed by atoms with E-state index >= 15 is 0 Å². The normalized spacial score (nSPS) is 13.4. The Morgan fingerprint density at radius 2 is 1.36 bits per heavy atom. The number of hydrogen-bond acceptors (Lipinski definition) is 14. The monoisotopic (exact) mass is 901 g/mol. The molecule has 2 amide bonds. The number of carbonyl (C=O) groups excluding carboxylic acids is 2. The predicted molar refractivity (Wildman–Crippen MR) is 246 cm³/mol. The summed E-state index contributed by atoms with van der Waals surface area (Å²) >= 11 is 6.64. The SMILES string of the molecule is C[C@@H](NC(=O)c1cccc(NCc2nnc(-c3ccncn3)n2C)c1)c1nc(COc2cccc3c2CC[C@H]3NC(=O)c2cccc(NCc3nnc(-c4ccncn4)n3C)c2)ccc1Cl. The Morgan fingerprint density at radius 3 is 1.97 bits per heavy atom. The summed E-state index contributed by atoms with van der Waals surface area (Å²) in [4.78, 5) is 48.3. The van der Waals surface area contributed by atoms with Crippen LogP contribution >= 0.6 is 11.6 Å². The Bertz CT molecular complexity index is 3020. The van der Waals surface area contributed by atoms with Crippen LogP contribution in [0.2, 0.25) is 5.02 Å². The zero-order valence-electron chi connectivity index (χ0n) is 36.2. The molecule has 0 bridgehead atoms. The lowest BCUT2D eigenvalue weighted by molar-refractivity contribution is 0.0929. The summed E-state index contributed by atoms with van der Waals surface area (Å²) in [6.07, 6.45) is 7.72. The molecule has 0 unspecified atom stereocenters. The first-order valence-corrected chi connectivity index (χ1v) is 21.5. The summed E-state index contributed by atoms with van der Waals surface area (Å²) < 4.78 is 10.1. The van der Waals surface area contributed by atoms with Crippen molar-refractivity contribution in [3.63, 3.8) is 0 Å². The number of carbonyl (C=O) groups is 2. The zero-order chi connectivity index (χ0) is 45.6. The molecular formula is C47H44ClN15O3. The highest BCUT2D eigenvalue weighted by Crippen LogP contribution is 2.37. The molecule has 9 rings (SSSR count). The fraction of sp³-hybridized carbons (Fsp3) is 0.213. The number of pyridine rings is 1. The van der Waals surface area contributed by atoms with Crippen LogP contribution < -0.4 is 26.0 Å². The number of nitrogens with zero attached hydrogens (tertiary/aromatic N) is 11. The van der Waals surface area contributed by atoms with Gasteiger partial charge in [0.15, 0.2) is 23.3 Å². The number of halogens is 1. The number of rotatable bonds is 16. The number of ether oxygens (including phenoxy) is 1. The van der Waals surface area contributed by atoms with Gasteiger partial charge in [0.2, 0.25) is 0 Å². The molecule has 1 aliphatic rings. The van der Waals surface area contributed by atoms with Crippen molar-refractivity contribution >= 4 is 34.8 Å². The van der Waals surface area contributed by atoms with Crippen LogP contribution in [0.15, 0.2) is 116 Å². The number of fused-ring (bicyclic) bond motifs is 1.